The van der Waals surface area contributed by atoms with Gasteiger partial charge in [0.1, 0.15) is 0 Å². The van der Waals surface area contributed by atoms with Crippen molar-refractivity contribution in [3.63, 3.8) is 0 Å². The molecule has 0 unspecified atom stereocenters. The summed E-state index contributed by atoms with van der Waals surface area (Å²) in [7, 11) is 0. The third-order valence-electron chi connectivity index (χ3n) is 0.800. The second-order valence-electron chi connectivity index (χ2n) is 1.49. The van der Waals surface area contributed by atoms with Crippen LogP contribution >= 0.6 is 0 Å². The van der Waals surface area contributed by atoms with Gasteiger partial charge in [0, 0.05) is 5.69 Å². The molecule has 0 radical (unpaired) electrons. The summed E-state index contributed by atoms with van der Waals surface area (Å²) in [6.45, 7) is 0. The Bertz CT molecular complexity index is 202. The molecule has 3 heteroatoms. The van der Waals surface area contributed by atoms with E-state index in [0.717, 1.165) is 5.69 Å². The largest absolute Gasteiger partial charge is 0.399 e. The predicted octanol–water partition coefficient (Wildman–Crippen LogP) is 0.685. The van der Waals surface area contributed by atoms with E-state index in [0.29, 0.717) is 0 Å². The highest BCUT2D eigenvalue weighted by molar-refractivity contribution is 5.35. The molecule has 1 aromatic rings. The molecule has 0 bridgehead atoms. The van der Waals surface area contributed by atoms with Crippen LogP contribution in [-0.2, 0) is 9.59 Å². The van der Waals surface area contributed by atoms with Gasteiger partial charge in [0.15, 0.2) is 0 Å². The zero-order valence-corrected chi connectivity index (χ0v) is 5.28. The summed E-state index contributed by atoms with van der Waals surface area (Å²) in [5.74, 6) is 0. The van der Waals surface area contributed by atoms with Crippen molar-refractivity contribution in [2.24, 2.45) is 0 Å². The third kappa shape index (κ3) is 4.56. The molecule has 0 aliphatic heterocycles. The van der Waals surface area contributed by atoms with Crippen molar-refractivity contribution in [1.29, 1.82) is 0 Å². The summed E-state index contributed by atoms with van der Waals surface area (Å²) in [4.78, 5) is 16.2. The first-order valence-electron chi connectivity index (χ1n) is 2.61. The van der Waals surface area contributed by atoms with Crippen LogP contribution in [0.2, 0.25) is 0 Å². The summed E-state index contributed by atoms with van der Waals surface area (Å²) < 4.78 is 0. The van der Waals surface area contributed by atoms with Crippen molar-refractivity contribution in [1.82, 2.24) is 0 Å². The molecule has 0 saturated heterocycles. The highest BCUT2D eigenvalue weighted by atomic mass is 16.2. The van der Waals surface area contributed by atoms with Crippen LogP contribution in [0, 0.1) is 0 Å². The minimum Gasteiger partial charge on any atom is -0.399 e. The molecule has 52 valence electrons. The Kier molecular flexibility index (Phi) is 4.65. The Morgan fingerprint density at radius 2 is 1.50 bits per heavy atom. The van der Waals surface area contributed by atoms with E-state index in [1.54, 1.807) is 0 Å². The maximum absolute atomic E-state index is 8.12. The van der Waals surface area contributed by atoms with Gasteiger partial charge in [-0.05, 0) is 12.1 Å². The second kappa shape index (κ2) is 5.54. The summed E-state index contributed by atoms with van der Waals surface area (Å²) in [5, 5.41) is 0. The quantitative estimate of drug-likeness (QED) is 0.535. The lowest BCUT2D eigenvalue weighted by Gasteiger charge is -1.83. The molecule has 0 saturated carbocycles. The lowest BCUT2D eigenvalue weighted by molar-refractivity contribution is -0.191. The number of rotatable bonds is 0. The Morgan fingerprint density at radius 1 is 1.10 bits per heavy atom. The minimum absolute atomic E-state index is 0.250. The van der Waals surface area contributed by atoms with E-state index in [1.165, 1.54) is 0 Å². The smallest absolute Gasteiger partial charge is 0.373 e. The fourth-order valence-electron chi connectivity index (χ4n) is 0.453. The number of anilines is 1. The van der Waals surface area contributed by atoms with Gasteiger partial charge in [-0.3, -0.25) is 0 Å². The van der Waals surface area contributed by atoms with Crippen LogP contribution in [-0.4, -0.2) is 6.15 Å². The van der Waals surface area contributed by atoms with Gasteiger partial charge in [0.25, 0.3) is 0 Å². The van der Waals surface area contributed by atoms with Crippen LogP contribution < -0.4 is 5.73 Å². The molecule has 0 aliphatic rings. The molecular formula is C7H7NO2. The Labute approximate surface area is 58.5 Å². The maximum atomic E-state index is 8.12. The normalized spacial score (nSPS) is 6.80. The molecule has 0 fully saturated rings. The van der Waals surface area contributed by atoms with Crippen molar-refractivity contribution < 1.29 is 9.59 Å². The van der Waals surface area contributed by atoms with Crippen molar-refractivity contribution in [3.05, 3.63) is 30.3 Å². The van der Waals surface area contributed by atoms with E-state index in [2.05, 4.69) is 0 Å². The average Bonchev–Trinajstić information content (AvgIpc) is 1.91. The van der Waals surface area contributed by atoms with Gasteiger partial charge in [-0.2, -0.15) is 9.59 Å². The molecule has 1 aromatic carbocycles. The number of hydrogen-bond acceptors (Lipinski definition) is 3. The first-order chi connectivity index (χ1) is 4.81. The molecule has 0 amide bonds. The van der Waals surface area contributed by atoms with Crippen LogP contribution in [0.3, 0.4) is 0 Å². The molecule has 1 rings (SSSR count). The number of para-hydroxylation sites is 1. The third-order valence-corrected chi connectivity index (χ3v) is 0.800. The Hall–Kier alpha value is -1.60. The molecule has 0 spiro atoms. The van der Waals surface area contributed by atoms with E-state index in [9.17, 15) is 0 Å². The standard InChI is InChI=1S/C6H7N.CO2/c7-6-4-2-1-3-5-6;2-1-3/h1-5H,7H2;. The highest BCUT2D eigenvalue weighted by Crippen LogP contribution is 1.95. The summed E-state index contributed by atoms with van der Waals surface area (Å²) >= 11 is 0. The zero-order chi connectivity index (χ0) is 7.82. The van der Waals surface area contributed by atoms with Crippen LogP contribution in [0.4, 0.5) is 5.69 Å². The first kappa shape index (κ1) is 8.40. The van der Waals surface area contributed by atoms with Crippen molar-refractivity contribution >= 4 is 11.8 Å². The summed E-state index contributed by atoms with van der Waals surface area (Å²) in [6, 6.07) is 9.49. The van der Waals surface area contributed by atoms with Crippen molar-refractivity contribution in [2.75, 3.05) is 5.73 Å². The lowest BCUT2D eigenvalue weighted by Crippen LogP contribution is -1.79. The first-order valence-corrected chi connectivity index (χ1v) is 2.61. The van der Waals surface area contributed by atoms with Gasteiger partial charge in [-0.1, -0.05) is 18.2 Å². The van der Waals surface area contributed by atoms with Crippen LogP contribution in [0.5, 0.6) is 0 Å². The fourth-order valence-corrected chi connectivity index (χ4v) is 0.453. The summed E-state index contributed by atoms with van der Waals surface area (Å²) in [6.07, 6.45) is 0.250. The lowest BCUT2D eigenvalue weighted by atomic mass is 10.3. The van der Waals surface area contributed by atoms with Crippen LogP contribution in [0.25, 0.3) is 0 Å². The molecule has 3 nitrogen and oxygen atoms in total. The number of hydrogen-bond donors (Lipinski definition) is 1. The van der Waals surface area contributed by atoms with E-state index in [-0.39, 0.29) is 6.15 Å². The van der Waals surface area contributed by atoms with E-state index in [4.69, 9.17) is 15.3 Å². The van der Waals surface area contributed by atoms with Gasteiger partial charge in [-0.25, -0.2) is 0 Å². The molecule has 10 heavy (non-hydrogen) atoms. The predicted molar refractivity (Wildman–Crippen MR) is 35.9 cm³/mol. The highest BCUT2D eigenvalue weighted by Gasteiger charge is 1.72. The fraction of sp³-hybridized carbons (Fsp3) is 0. The van der Waals surface area contributed by atoms with Crippen LogP contribution in [0.15, 0.2) is 30.3 Å². The Balaban J connectivity index is 0.000000236. The number of benzene rings is 1. The average molecular weight is 137 g/mol. The van der Waals surface area contributed by atoms with Gasteiger partial charge in [-0.15, -0.1) is 0 Å². The SMILES string of the molecule is Nc1ccccc1.O=C=O. The number of carbonyl (C=O) groups excluding carboxylic acids is 2. The van der Waals surface area contributed by atoms with Crippen LogP contribution in [0.1, 0.15) is 0 Å². The van der Waals surface area contributed by atoms with E-state index >= 15 is 0 Å². The Morgan fingerprint density at radius 3 is 1.70 bits per heavy atom. The van der Waals surface area contributed by atoms with E-state index in [1.807, 2.05) is 30.3 Å². The molecule has 0 aliphatic carbocycles. The molecule has 0 atom stereocenters. The maximum Gasteiger partial charge on any atom is 0.373 e. The van der Waals surface area contributed by atoms with Gasteiger partial charge in [0.2, 0.25) is 0 Å². The number of nitrogen functional groups attached to an aromatic ring is 1. The molecule has 2 N–H and O–H groups in total. The van der Waals surface area contributed by atoms with Gasteiger partial charge < -0.3 is 5.73 Å². The minimum atomic E-state index is 0.250. The monoisotopic (exact) mass is 137 g/mol. The van der Waals surface area contributed by atoms with Gasteiger partial charge >= 0.3 is 6.15 Å². The molecule has 0 aromatic heterocycles. The van der Waals surface area contributed by atoms with Crippen molar-refractivity contribution in [2.45, 2.75) is 0 Å². The summed E-state index contributed by atoms with van der Waals surface area (Å²) in [5.41, 5.74) is 6.18. The second-order valence-corrected chi connectivity index (χ2v) is 1.49. The van der Waals surface area contributed by atoms with Gasteiger partial charge in [0.05, 0.1) is 0 Å². The topological polar surface area (TPSA) is 60.2 Å². The zero-order valence-electron chi connectivity index (χ0n) is 5.28. The molecule has 0 heterocycles. The van der Waals surface area contributed by atoms with Crippen molar-refractivity contribution in [3.8, 4) is 0 Å². The number of nitrogens with two attached hydrogens (primary N) is 1. The van der Waals surface area contributed by atoms with E-state index < -0.39 is 0 Å². The molecular weight excluding hydrogens is 130 g/mol.